The average Bonchev–Trinajstić information content (AvgIpc) is 3.02. The van der Waals surface area contributed by atoms with Crippen LogP contribution in [0, 0.1) is 0 Å². The van der Waals surface area contributed by atoms with Crippen molar-refractivity contribution in [2.75, 3.05) is 18.9 Å². The van der Waals surface area contributed by atoms with Gasteiger partial charge in [-0.2, -0.15) is 0 Å². The Morgan fingerprint density at radius 3 is 2.40 bits per heavy atom. The molecule has 5 nitrogen and oxygen atoms in total. The van der Waals surface area contributed by atoms with Gasteiger partial charge in [-0.3, -0.25) is 0 Å². The maximum absolute atomic E-state index is 10.3. The molecule has 1 saturated heterocycles. The maximum Gasteiger partial charge on any atom is 0.337 e. The van der Waals surface area contributed by atoms with E-state index in [1.54, 1.807) is 18.2 Å². The summed E-state index contributed by atoms with van der Waals surface area (Å²) in [7, 11) is 0. The van der Waals surface area contributed by atoms with E-state index in [0.717, 1.165) is 6.61 Å². The van der Waals surface area contributed by atoms with Crippen molar-refractivity contribution in [2.24, 2.45) is 5.73 Å². The van der Waals surface area contributed by atoms with E-state index in [0.29, 0.717) is 18.3 Å². The second-order valence-electron chi connectivity index (χ2n) is 3.08. The third-order valence-electron chi connectivity index (χ3n) is 1.86. The third-order valence-corrected chi connectivity index (χ3v) is 1.86. The summed E-state index contributed by atoms with van der Waals surface area (Å²) in [5, 5.41) is 8.49. The van der Waals surface area contributed by atoms with E-state index in [1.165, 1.54) is 6.07 Å². The lowest BCUT2D eigenvalue weighted by molar-refractivity contribution is 0.0698. The van der Waals surface area contributed by atoms with Crippen molar-refractivity contribution in [1.29, 1.82) is 0 Å². The summed E-state index contributed by atoms with van der Waals surface area (Å²) in [5.41, 5.74) is 10.9. The summed E-state index contributed by atoms with van der Waals surface area (Å²) in [6.45, 7) is 1.58. The van der Waals surface area contributed by atoms with Gasteiger partial charge in [-0.25, -0.2) is 4.79 Å². The highest BCUT2D eigenvalue weighted by molar-refractivity contribution is 5.93. The van der Waals surface area contributed by atoms with Crippen LogP contribution in [-0.2, 0) is 4.74 Å². The summed E-state index contributed by atoms with van der Waals surface area (Å²) in [4.78, 5) is 10.3. The molecule has 0 bridgehead atoms. The number of epoxide rings is 1. The molecule has 1 aromatic carbocycles. The Balaban J connectivity index is 0.000000187. The van der Waals surface area contributed by atoms with Gasteiger partial charge >= 0.3 is 5.97 Å². The summed E-state index contributed by atoms with van der Waals surface area (Å²) in [5.74, 6) is -0.988. The molecule has 0 spiro atoms. The van der Waals surface area contributed by atoms with Gasteiger partial charge in [0, 0.05) is 12.2 Å². The van der Waals surface area contributed by atoms with Gasteiger partial charge in [0.05, 0.1) is 18.3 Å². The van der Waals surface area contributed by atoms with Gasteiger partial charge in [-0.1, -0.05) is 12.1 Å². The van der Waals surface area contributed by atoms with E-state index < -0.39 is 5.97 Å². The number of nitrogen functional groups attached to an aromatic ring is 1. The molecule has 82 valence electrons. The molecule has 5 N–H and O–H groups in total. The van der Waals surface area contributed by atoms with Crippen molar-refractivity contribution in [3.05, 3.63) is 29.8 Å². The quantitative estimate of drug-likeness (QED) is 0.481. The molecule has 0 aromatic heterocycles. The van der Waals surface area contributed by atoms with E-state index in [2.05, 4.69) is 0 Å². The molecule has 1 aromatic rings. The summed E-state index contributed by atoms with van der Waals surface area (Å²) in [6, 6.07) is 6.36. The van der Waals surface area contributed by atoms with Crippen LogP contribution in [0.15, 0.2) is 24.3 Å². The van der Waals surface area contributed by atoms with Crippen molar-refractivity contribution >= 4 is 11.7 Å². The minimum atomic E-state index is -0.988. The van der Waals surface area contributed by atoms with Crippen molar-refractivity contribution in [3.8, 4) is 0 Å². The molecule has 0 saturated carbocycles. The van der Waals surface area contributed by atoms with Gasteiger partial charge in [-0.15, -0.1) is 0 Å². The van der Waals surface area contributed by atoms with Gasteiger partial charge in [0.2, 0.25) is 0 Å². The normalized spacial score (nSPS) is 17.5. The molecule has 0 aliphatic carbocycles. The number of carbonyl (C=O) groups is 1. The molecule has 1 aliphatic heterocycles. The zero-order valence-electron chi connectivity index (χ0n) is 8.22. The van der Waals surface area contributed by atoms with Gasteiger partial charge < -0.3 is 21.3 Å². The SMILES string of the molecule is NCC1CO1.Nc1ccccc1C(=O)O. The lowest BCUT2D eigenvalue weighted by Gasteiger charge is -1.96. The van der Waals surface area contributed by atoms with Gasteiger partial charge in [0.1, 0.15) is 0 Å². The van der Waals surface area contributed by atoms with Crippen molar-refractivity contribution in [1.82, 2.24) is 0 Å². The van der Waals surface area contributed by atoms with Crippen LogP contribution in [0.3, 0.4) is 0 Å². The Morgan fingerprint density at radius 2 is 2.13 bits per heavy atom. The fraction of sp³-hybridized carbons (Fsp3) is 0.300. The van der Waals surface area contributed by atoms with Crippen molar-refractivity contribution < 1.29 is 14.6 Å². The number of nitrogens with two attached hydrogens (primary N) is 2. The molecule has 15 heavy (non-hydrogen) atoms. The zero-order valence-corrected chi connectivity index (χ0v) is 8.22. The van der Waals surface area contributed by atoms with Crippen LogP contribution in [0.4, 0.5) is 5.69 Å². The molecule has 1 atom stereocenters. The smallest absolute Gasteiger partial charge is 0.337 e. The molecular formula is C10H14N2O3. The number of para-hydroxylation sites is 1. The van der Waals surface area contributed by atoms with Crippen LogP contribution in [0.2, 0.25) is 0 Å². The predicted molar refractivity (Wildman–Crippen MR) is 56.6 cm³/mol. The predicted octanol–water partition coefficient (Wildman–Crippen LogP) is 0.311. The van der Waals surface area contributed by atoms with Crippen LogP contribution >= 0.6 is 0 Å². The van der Waals surface area contributed by atoms with Crippen LogP contribution in [0.25, 0.3) is 0 Å². The lowest BCUT2D eigenvalue weighted by Crippen LogP contribution is -2.05. The number of hydrogen-bond acceptors (Lipinski definition) is 4. The molecule has 1 aliphatic rings. The minimum Gasteiger partial charge on any atom is -0.478 e. The molecule has 0 radical (unpaired) electrons. The Labute approximate surface area is 87.6 Å². The van der Waals surface area contributed by atoms with Crippen LogP contribution in [-0.4, -0.2) is 30.3 Å². The van der Waals surface area contributed by atoms with Crippen molar-refractivity contribution in [3.63, 3.8) is 0 Å². The molecule has 0 amide bonds. The standard InChI is InChI=1S/C7H7NO2.C3H7NO/c8-6-4-2-1-3-5(6)7(9)10;4-1-3-2-5-3/h1-4H,8H2,(H,9,10);3H,1-2,4H2. The monoisotopic (exact) mass is 210 g/mol. The maximum atomic E-state index is 10.3. The van der Waals surface area contributed by atoms with E-state index >= 15 is 0 Å². The van der Waals surface area contributed by atoms with E-state index in [1.807, 2.05) is 0 Å². The topological polar surface area (TPSA) is 102 Å². The highest BCUT2D eigenvalue weighted by Gasteiger charge is 2.18. The number of hydrogen-bond donors (Lipinski definition) is 3. The van der Waals surface area contributed by atoms with E-state index in [-0.39, 0.29) is 5.56 Å². The molecule has 5 heteroatoms. The van der Waals surface area contributed by atoms with Gasteiger partial charge in [-0.05, 0) is 12.1 Å². The van der Waals surface area contributed by atoms with Gasteiger partial charge in [0.15, 0.2) is 0 Å². The first-order chi connectivity index (χ1) is 7.15. The summed E-state index contributed by atoms with van der Waals surface area (Å²) in [6.07, 6.45) is 0.412. The number of benzene rings is 1. The number of anilines is 1. The zero-order chi connectivity index (χ0) is 11.3. The lowest BCUT2D eigenvalue weighted by atomic mass is 10.2. The summed E-state index contributed by atoms with van der Waals surface area (Å²) < 4.78 is 4.73. The fourth-order valence-corrected chi connectivity index (χ4v) is 0.896. The van der Waals surface area contributed by atoms with Gasteiger partial charge in [0.25, 0.3) is 0 Å². The third kappa shape index (κ3) is 3.97. The molecule has 1 fully saturated rings. The highest BCUT2D eigenvalue weighted by atomic mass is 16.6. The highest BCUT2D eigenvalue weighted by Crippen LogP contribution is 2.09. The minimum absolute atomic E-state index is 0.155. The van der Waals surface area contributed by atoms with Crippen LogP contribution in [0.5, 0.6) is 0 Å². The molecule has 2 rings (SSSR count). The van der Waals surface area contributed by atoms with E-state index in [4.69, 9.17) is 21.3 Å². The largest absolute Gasteiger partial charge is 0.478 e. The van der Waals surface area contributed by atoms with Crippen molar-refractivity contribution in [2.45, 2.75) is 6.10 Å². The Bertz CT molecular complexity index is 337. The molecular weight excluding hydrogens is 196 g/mol. The number of carboxylic acid groups (broad SMARTS) is 1. The number of rotatable bonds is 2. The first-order valence-electron chi connectivity index (χ1n) is 4.54. The second kappa shape index (κ2) is 5.33. The summed E-state index contributed by atoms with van der Waals surface area (Å²) >= 11 is 0. The second-order valence-corrected chi connectivity index (χ2v) is 3.08. The average molecular weight is 210 g/mol. The molecule has 1 heterocycles. The Morgan fingerprint density at radius 1 is 1.53 bits per heavy atom. The number of ether oxygens (including phenoxy) is 1. The first-order valence-corrected chi connectivity index (χ1v) is 4.54. The van der Waals surface area contributed by atoms with E-state index in [9.17, 15) is 4.79 Å². The fourth-order valence-electron chi connectivity index (χ4n) is 0.896. The molecule has 1 unspecified atom stereocenters. The van der Waals surface area contributed by atoms with Crippen LogP contribution < -0.4 is 11.5 Å². The Hall–Kier alpha value is -1.59. The van der Waals surface area contributed by atoms with Crippen LogP contribution in [0.1, 0.15) is 10.4 Å². The number of carboxylic acids is 1. The first kappa shape index (κ1) is 11.5. The number of aromatic carboxylic acids is 1. The Kier molecular flexibility index (Phi) is 4.08.